The van der Waals surface area contributed by atoms with Crippen LogP contribution in [0.5, 0.6) is 0 Å². The molecule has 0 aromatic carbocycles. The molecule has 2 aliphatic heterocycles. The molecule has 0 unspecified atom stereocenters. The predicted molar refractivity (Wildman–Crippen MR) is 84.0 cm³/mol. The number of hydrogen-bond donors (Lipinski definition) is 0. The maximum absolute atomic E-state index is 2.32. The molecule has 16 heavy (non-hydrogen) atoms. The van der Waals surface area contributed by atoms with Gasteiger partial charge >= 0.3 is 124 Å². The van der Waals surface area contributed by atoms with E-state index >= 15 is 0 Å². The van der Waals surface area contributed by atoms with Crippen molar-refractivity contribution in [3.8, 4) is 0 Å². The summed E-state index contributed by atoms with van der Waals surface area (Å²) in [5.74, 6) is 2.57. The summed E-state index contributed by atoms with van der Waals surface area (Å²) in [7, 11) is 4.16. The first-order chi connectivity index (χ1) is 7.79. The van der Waals surface area contributed by atoms with Crippen LogP contribution in [0.3, 0.4) is 0 Å². The molecule has 0 aromatic heterocycles. The summed E-state index contributed by atoms with van der Waals surface area (Å²) in [6.45, 7) is 4.63. The summed E-state index contributed by atoms with van der Waals surface area (Å²) in [5, 5.41) is 0. The molecule has 1 saturated heterocycles. The summed E-state index contributed by atoms with van der Waals surface area (Å²) in [6.07, 6.45) is 0. The Morgan fingerprint density at radius 1 is 1.00 bits per heavy atom. The fourth-order valence-electron chi connectivity index (χ4n) is 1.84. The number of thioether (sulfide) groups is 2. The minimum atomic E-state index is 0.782. The second kappa shape index (κ2) is 5.34. The Kier molecular flexibility index (Phi) is 4.23. The van der Waals surface area contributed by atoms with Crippen LogP contribution >= 0.6 is 43.5 Å². The van der Waals surface area contributed by atoms with E-state index in [1.807, 2.05) is 0 Å². The Bertz CT molecular complexity index is 428. The first-order valence-electron chi connectivity index (χ1n) is 4.89. The van der Waals surface area contributed by atoms with Gasteiger partial charge in [-0.15, -0.1) is 0 Å². The minimum absolute atomic E-state index is 0.782. The zero-order valence-corrected chi connectivity index (χ0v) is 15.6. The Hall–Kier alpha value is 1.66. The van der Waals surface area contributed by atoms with E-state index in [0.717, 1.165) is 25.1 Å². The third-order valence-corrected chi connectivity index (χ3v) is 22.8. The number of hydrogen-bond acceptors (Lipinski definition) is 4. The van der Waals surface area contributed by atoms with Crippen molar-refractivity contribution >= 4 is 68.7 Å². The molecular formula is C10H10S4Se2. The summed E-state index contributed by atoms with van der Waals surface area (Å²) in [4.78, 5) is 3.21. The monoisotopic (exact) mass is 418 g/mol. The molecule has 0 aromatic rings. The molecule has 1 fully saturated rings. The van der Waals surface area contributed by atoms with E-state index in [-0.39, 0.29) is 0 Å². The molecule has 0 radical (unpaired) electrons. The molecule has 0 amide bonds. The van der Waals surface area contributed by atoms with Crippen molar-refractivity contribution in [2.45, 2.75) is 13.8 Å². The van der Waals surface area contributed by atoms with Gasteiger partial charge in [0.1, 0.15) is 0 Å². The van der Waals surface area contributed by atoms with Gasteiger partial charge in [0.15, 0.2) is 0 Å². The number of allylic oxidation sites excluding steroid dienone is 3. The van der Waals surface area contributed by atoms with E-state index in [1.54, 1.807) is 30.3 Å². The van der Waals surface area contributed by atoms with Crippen molar-refractivity contribution in [3.63, 3.8) is 0 Å². The molecule has 0 saturated carbocycles. The van der Waals surface area contributed by atoms with E-state index in [2.05, 4.69) is 57.4 Å². The molecule has 6 heteroatoms. The van der Waals surface area contributed by atoms with Crippen LogP contribution in [-0.2, 0) is 0 Å². The predicted octanol–water partition coefficient (Wildman–Crippen LogP) is 3.87. The van der Waals surface area contributed by atoms with Gasteiger partial charge in [-0.05, 0) is 0 Å². The molecule has 0 N–H and O–H groups in total. The standard InChI is InChI=1S/C10H10S4Se2/c1-5-6(2)8-9(12-4-3-11-8)7(5)10-13-14-16-15-10/h3-4H2,1-2H3. The first-order valence-corrected chi connectivity index (χ1v) is 16.2. The number of rotatable bonds is 0. The third-order valence-electron chi connectivity index (χ3n) is 2.74. The first kappa shape index (κ1) is 12.7. The Morgan fingerprint density at radius 3 is 2.44 bits per heavy atom. The SMILES string of the molecule is CC1=C(C)C(=C2SS[Se][Se]2)C2=C1SCCS2. The molecule has 3 rings (SSSR count). The van der Waals surface area contributed by atoms with Gasteiger partial charge in [0, 0.05) is 0 Å². The van der Waals surface area contributed by atoms with Crippen LogP contribution in [0.25, 0.3) is 0 Å². The van der Waals surface area contributed by atoms with Crippen molar-refractivity contribution < 1.29 is 0 Å². The van der Waals surface area contributed by atoms with Crippen molar-refractivity contribution in [1.29, 1.82) is 0 Å². The summed E-state index contributed by atoms with van der Waals surface area (Å²) >= 11 is 5.78. The van der Waals surface area contributed by atoms with Crippen LogP contribution in [0, 0.1) is 0 Å². The Balaban J connectivity index is 2.11. The van der Waals surface area contributed by atoms with E-state index in [1.165, 1.54) is 11.5 Å². The Labute approximate surface area is 123 Å². The average Bonchev–Trinajstić information content (AvgIpc) is 2.89. The van der Waals surface area contributed by atoms with Gasteiger partial charge < -0.3 is 0 Å². The van der Waals surface area contributed by atoms with Crippen LogP contribution in [0.1, 0.15) is 13.8 Å². The van der Waals surface area contributed by atoms with Gasteiger partial charge in [0.25, 0.3) is 0 Å². The summed E-state index contributed by atoms with van der Waals surface area (Å²) < 4.78 is 1.72. The fourth-order valence-corrected chi connectivity index (χ4v) is 25.9. The molecule has 1 aliphatic carbocycles. The zero-order valence-electron chi connectivity index (χ0n) is 8.86. The van der Waals surface area contributed by atoms with Gasteiger partial charge in [-0.3, -0.25) is 0 Å². The Morgan fingerprint density at radius 2 is 1.75 bits per heavy atom. The van der Waals surface area contributed by atoms with Crippen molar-refractivity contribution in [3.05, 3.63) is 30.3 Å². The van der Waals surface area contributed by atoms with Crippen molar-refractivity contribution in [2.24, 2.45) is 0 Å². The second-order valence-corrected chi connectivity index (χ2v) is 19.0. The molecule has 0 atom stereocenters. The molecule has 86 valence electrons. The van der Waals surface area contributed by atoms with Gasteiger partial charge in [0.05, 0.1) is 0 Å². The molecular weight excluding hydrogens is 406 g/mol. The summed E-state index contributed by atoms with van der Waals surface area (Å²) in [5.41, 5.74) is 4.76. The van der Waals surface area contributed by atoms with Crippen molar-refractivity contribution in [1.82, 2.24) is 0 Å². The van der Waals surface area contributed by atoms with Crippen LogP contribution in [0.4, 0.5) is 0 Å². The zero-order chi connectivity index (χ0) is 11.1. The fraction of sp³-hybridized carbons (Fsp3) is 0.400. The van der Waals surface area contributed by atoms with Gasteiger partial charge in [-0.2, -0.15) is 0 Å². The molecule has 3 aliphatic rings. The van der Waals surface area contributed by atoms with Gasteiger partial charge in [-0.1, -0.05) is 0 Å². The van der Waals surface area contributed by atoms with E-state index < -0.39 is 0 Å². The van der Waals surface area contributed by atoms with Gasteiger partial charge in [-0.25, -0.2) is 0 Å². The van der Waals surface area contributed by atoms with Crippen LogP contribution in [0.15, 0.2) is 30.3 Å². The molecule has 0 bridgehead atoms. The molecule has 0 nitrogen and oxygen atoms in total. The van der Waals surface area contributed by atoms with Gasteiger partial charge in [0.2, 0.25) is 0 Å². The average molecular weight is 416 g/mol. The second-order valence-electron chi connectivity index (χ2n) is 3.57. The molecule has 2 heterocycles. The summed E-state index contributed by atoms with van der Waals surface area (Å²) in [6, 6.07) is 0. The topological polar surface area (TPSA) is 0 Å². The van der Waals surface area contributed by atoms with Crippen LogP contribution < -0.4 is 0 Å². The van der Waals surface area contributed by atoms with Crippen LogP contribution in [0.2, 0.25) is 0 Å². The third kappa shape index (κ3) is 2.14. The molecule has 0 spiro atoms. The van der Waals surface area contributed by atoms with E-state index in [9.17, 15) is 0 Å². The maximum atomic E-state index is 2.32. The van der Waals surface area contributed by atoms with E-state index in [4.69, 9.17) is 0 Å². The normalized spacial score (nSPS) is 30.4. The van der Waals surface area contributed by atoms with Crippen LogP contribution in [-0.4, -0.2) is 36.6 Å². The van der Waals surface area contributed by atoms with E-state index in [0.29, 0.717) is 0 Å². The quantitative estimate of drug-likeness (QED) is 0.434. The van der Waals surface area contributed by atoms with Crippen molar-refractivity contribution in [2.75, 3.05) is 11.5 Å².